The SMILES string of the molecule is CCCN.O=C(O)[C@H](O)[C@@H](O)[C@H](O)[C@H](O)CO. The van der Waals surface area contributed by atoms with E-state index in [-0.39, 0.29) is 0 Å². The molecule has 0 bridgehead atoms. The maximum Gasteiger partial charge on any atom is 0.335 e. The molecule has 0 aromatic heterocycles. The molecule has 0 fully saturated rings. The van der Waals surface area contributed by atoms with Crippen LogP contribution in [-0.4, -0.2) is 74.2 Å². The third-order valence-electron chi connectivity index (χ3n) is 1.80. The molecular weight excluding hydrogens is 234 g/mol. The van der Waals surface area contributed by atoms with E-state index in [1.54, 1.807) is 0 Å². The number of hydrogen-bond donors (Lipinski definition) is 7. The molecule has 0 saturated heterocycles. The topological polar surface area (TPSA) is 164 Å². The molecule has 0 aromatic carbocycles. The largest absolute Gasteiger partial charge is 0.479 e. The molecule has 104 valence electrons. The third-order valence-corrected chi connectivity index (χ3v) is 1.80. The summed E-state index contributed by atoms with van der Waals surface area (Å²) in [6.07, 6.45) is -6.74. The van der Waals surface area contributed by atoms with Crippen molar-refractivity contribution in [3.05, 3.63) is 0 Å². The Bertz CT molecular complexity index is 200. The van der Waals surface area contributed by atoms with Crippen molar-refractivity contribution in [2.45, 2.75) is 37.8 Å². The summed E-state index contributed by atoms with van der Waals surface area (Å²) in [5, 5.41) is 51.8. The number of carboxylic acids is 1. The highest BCUT2D eigenvalue weighted by molar-refractivity contribution is 5.72. The van der Waals surface area contributed by atoms with Gasteiger partial charge < -0.3 is 36.4 Å². The highest BCUT2D eigenvalue weighted by Gasteiger charge is 2.33. The van der Waals surface area contributed by atoms with Crippen molar-refractivity contribution >= 4 is 5.97 Å². The van der Waals surface area contributed by atoms with Crippen molar-refractivity contribution in [2.24, 2.45) is 5.73 Å². The van der Waals surface area contributed by atoms with Gasteiger partial charge in [0, 0.05) is 0 Å². The van der Waals surface area contributed by atoms with E-state index in [0.29, 0.717) is 0 Å². The number of hydrogen-bond acceptors (Lipinski definition) is 7. The van der Waals surface area contributed by atoms with Crippen LogP contribution in [0.15, 0.2) is 0 Å². The maximum absolute atomic E-state index is 10.1. The molecule has 8 N–H and O–H groups in total. The number of aliphatic hydroxyl groups excluding tert-OH is 5. The molecule has 0 amide bonds. The monoisotopic (exact) mass is 255 g/mol. The molecule has 0 rings (SSSR count). The number of rotatable bonds is 6. The minimum Gasteiger partial charge on any atom is -0.479 e. The molecular formula is C9H21NO7. The molecule has 0 aromatic rings. The number of aliphatic hydroxyl groups is 5. The van der Waals surface area contributed by atoms with Crippen LogP contribution in [0.1, 0.15) is 13.3 Å². The standard InChI is InChI=1S/C6H12O7.C3H9N/c7-1-2(8)3(9)4(10)5(11)6(12)13;1-2-3-4/h2-5,7-11H,1H2,(H,12,13);2-4H2,1H3/t2-,3-,4+,5-;/m1./s1. The van der Waals surface area contributed by atoms with Gasteiger partial charge in [0.2, 0.25) is 0 Å². The van der Waals surface area contributed by atoms with E-state index in [0.717, 1.165) is 13.0 Å². The highest BCUT2D eigenvalue weighted by Crippen LogP contribution is 2.04. The lowest BCUT2D eigenvalue weighted by Crippen LogP contribution is -2.48. The summed E-state index contributed by atoms with van der Waals surface area (Å²) >= 11 is 0. The molecule has 0 spiro atoms. The summed E-state index contributed by atoms with van der Waals surface area (Å²) in [4.78, 5) is 10.1. The average Bonchev–Trinajstić information content (AvgIpc) is 2.34. The molecule has 0 aliphatic carbocycles. The number of carboxylic acid groups (broad SMARTS) is 1. The van der Waals surface area contributed by atoms with Crippen LogP contribution in [-0.2, 0) is 4.79 Å². The average molecular weight is 255 g/mol. The molecule has 8 nitrogen and oxygen atoms in total. The Balaban J connectivity index is 0. The van der Waals surface area contributed by atoms with Gasteiger partial charge in [0.15, 0.2) is 6.10 Å². The van der Waals surface area contributed by atoms with E-state index in [1.165, 1.54) is 0 Å². The van der Waals surface area contributed by atoms with Crippen molar-refractivity contribution < 1.29 is 35.4 Å². The fraction of sp³-hybridized carbons (Fsp3) is 0.889. The van der Waals surface area contributed by atoms with E-state index in [9.17, 15) is 4.79 Å². The van der Waals surface area contributed by atoms with Crippen molar-refractivity contribution in [2.75, 3.05) is 13.2 Å². The van der Waals surface area contributed by atoms with Gasteiger partial charge in [-0.25, -0.2) is 4.79 Å². The Morgan fingerprint density at radius 1 is 1.18 bits per heavy atom. The molecule has 0 aliphatic heterocycles. The van der Waals surface area contributed by atoms with Crippen LogP contribution in [0, 0.1) is 0 Å². The Morgan fingerprint density at radius 2 is 1.59 bits per heavy atom. The molecule has 4 atom stereocenters. The normalized spacial score (nSPS) is 17.4. The van der Waals surface area contributed by atoms with E-state index >= 15 is 0 Å². The smallest absolute Gasteiger partial charge is 0.335 e. The van der Waals surface area contributed by atoms with E-state index in [2.05, 4.69) is 6.92 Å². The predicted octanol–water partition coefficient (Wildman–Crippen LogP) is -3.14. The first-order valence-corrected chi connectivity index (χ1v) is 5.09. The number of nitrogens with two attached hydrogens (primary N) is 1. The first-order valence-electron chi connectivity index (χ1n) is 5.09. The molecule has 0 heterocycles. The third kappa shape index (κ3) is 8.02. The van der Waals surface area contributed by atoms with Gasteiger partial charge in [-0.1, -0.05) is 6.92 Å². The quantitative estimate of drug-likeness (QED) is 0.261. The first kappa shape index (κ1) is 18.6. The van der Waals surface area contributed by atoms with Crippen LogP contribution in [0.4, 0.5) is 0 Å². The van der Waals surface area contributed by atoms with Gasteiger partial charge in [0.25, 0.3) is 0 Å². The second-order valence-corrected chi connectivity index (χ2v) is 3.30. The number of aliphatic carboxylic acids is 1. The minimum atomic E-state index is -2.20. The zero-order chi connectivity index (χ0) is 14.0. The Kier molecular flexibility index (Phi) is 11.4. The van der Waals surface area contributed by atoms with Gasteiger partial charge >= 0.3 is 5.97 Å². The van der Waals surface area contributed by atoms with Gasteiger partial charge in [-0.3, -0.25) is 0 Å². The molecule has 17 heavy (non-hydrogen) atoms. The summed E-state index contributed by atoms with van der Waals surface area (Å²) in [7, 11) is 0. The van der Waals surface area contributed by atoms with Crippen molar-refractivity contribution in [1.82, 2.24) is 0 Å². The lowest BCUT2D eigenvalue weighted by atomic mass is 10.0. The zero-order valence-electron chi connectivity index (χ0n) is 9.60. The van der Waals surface area contributed by atoms with E-state index < -0.39 is 37.0 Å². The van der Waals surface area contributed by atoms with Crippen LogP contribution in [0.5, 0.6) is 0 Å². The van der Waals surface area contributed by atoms with Crippen LogP contribution in [0.2, 0.25) is 0 Å². The van der Waals surface area contributed by atoms with Crippen LogP contribution < -0.4 is 5.73 Å². The van der Waals surface area contributed by atoms with Crippen molar-refractivity contribution in [3.8, 4) is 0 Å². The fourth-order valence-corrected chi connectivity index (χ4v) is 0.668. The lowest BCUT2D eigenvalue weighted by molar-refractivity contribution is -0.164. The van der Waals surface area contributed by atoms with Crippen LogP contribution in [0.3, 0.4) is 0 Å². The Morgan fingerprint density at radius 3 is 1.82 bits per heavy atom. The molecule has 8 heteroatoms. The summed E-state index contributed by atoms with van der Waals surface area (Å²) in [6.45, 7) is 2.03. The zero-order valence-corrected chi connectivity index (χ0v) is 9.60. The van der Waals surface area contributed by atoms with E-state index in [4.69, 9.17) is 36.4 Å². The van der Waals surface area contributed by atoms with Gasteiger partial charge in [-0.2, -0.15) is 0 Å². The highest BCUT2D eigenvalue weighted by atomic mass is 16.4. The number of carbonyl (C=O) groups is 1. The minimum absolute atomic E-state index is 0.819. The first-order chi connectivity index (χ1) is 7.83. The summed E-state index contributed by atoms with van der Waals surface area (Å²) in [5.74, 6) is -1.73. The summed E-state index contributed by atoms with van der Waals surface area (Å²) in [6, 6.07) is 0. The Labute approximate surface area is 98.9 Å². The van der Waals surface area contributed by atoms with Gasteiger partial charge in [-0.05, 0) is 13.0 Å². The lowest BCUT2D eigenvalue weighted by Gasteiger charge is -2.23. The van der Waals surface area contributed by atoms with Crippen LogP contribution in [0.25, 0.3) is 0 Å². The van der Waals surface area contributed by atoms with Gasteiger partial charge in [0.05, 0.1) is 6.61 Å². The molecule has 0 radical (unpaired) electrons. The summed E-state index contributed by atoms with van der Waals surface area (Å²) in [5.41, 5.74) is 5.03. The predicted molar refractivity (Wildman–Crippen MR) is 58.1 cm³/mol. The van der Waals surface area contributed by atoms with Crippen molar-refractivity contribution in [1.29, 1.82) is 0 Å². The molecule has 0 aliphatic rings. The Hall–Kier alpha value is -0.770. The second-order valence-electron chi connectivity index (χ2n) is 3.30. The molecule has 0 unspecified atom stereocenters. The fourth-order valence-electron chi connectivity index (χ4n) is 0.668. The van der Waals surface area contributed by atoms with Gasteiger partial charge in [0.1, 0.15) is 18.3 Å². The summed E-state index contributed by atoms with van der Waals surface area (Å²) < 4.78 is 0. The molecule has 0 saturated carbocycles. The second kappa shape index (κ2) is 10.4. The maximum atomic E-state index is 10.1. The van der Waals surface area contributed by atoms with Crippen LogP contribution >= 0.6 is 0 Å². The van der Waals surface area contributed by atoms with Gasteiger partial charge in [-0.15, -0.1) is 0 Å². The van der Waals surface area contributed by atoms with E-state index in [1.807, 2.05) is 0 Å². The van der Waals surface area contributed by atoms with Crippen molar-refractivity contribution in [3.63, 3.8) is 0 Å².